The van der Waals surface area contributed by atoms with Crippen molar-refractivity contribution in [3.05, 3.63) is 63.1 Å². The Labute approximate surface area is 140 Å². The molecule has 1 heterocycles. The lowest BCUT2D eigenvalue weighted by Gasteiger charge is -2.13. The van der Waals surface area contributed by atoms with Crippen molar-refractivity contribution in [3.63, 3.8) is 0 Å². The molecule has 1 aromatic heterocycles. The van der Waals surface area contributed by atoms with Gasteiger partial charge in [-0.25, -0.2) is 0 Å². The van der Waals surface area contributed by atoms with Crippen molar-refractivity contribution in [1.82, 2.24) is 10.3 Å². The molecule has 122 valence electrons. The Bertz CT molecular complexity index is 751. The first kappa shape index (κ1) is 17.3. The highest BCUT2D eigenvalue weighted by Crippen LogP contribution is 2.23. The van der Waals surface area contributed by atoms with Crippen LogP contribution in [-0.4, -0.2) is 16.1 Å². The van der Waals surface area contributed by atoms with E-state index in [-0.39, 0.29) is 23.3 Å². The second-order valence-corrected chi connectivity index (χ2v) is 7.15. The minimum absolute atomic E-state index is 0.0741. The van der Waals surface area contributed by atoms with Crippen molar-refractivity contribution in [1.29, 1.82) is 0 Å². The maximum Gasteiger partial charge on any atom is 0.253 e. The highest BCUT2D eigenvalue weighted by molar-refractivity contribution is 8.00. The number of aromatic amines is 1. The highest BCUT2D eigenvalue weighted by Gasteiger charge is 2.15. The van der Waals surface area contributed by atoms with E-state index in [0.717, 1.165) is 16.2 Å². The number of carbonyl (C=O) groups is 1. The fourth-order valence-electron chi connectivity index (χ4n) is 2.29. The van der Waals surface area contributed by atoms with E-state index in [1.807, 2.05) is 58.0 Å². The summed E-state index contributed by atoms with van der Waals surface area (Å²) >= 11 is 1.51. The molecular weight excluding hydrogens is 308 g/mol. The van der Waals surface area contributed by atoms with Gasteiger partial charge in [0.1, 0.15) is 0 Å². The molecule has 0 spiro atoms. The maximum atomic E-state index is 12.2. The van der Waals surface area contributed by atoms with Crippen LogP contribution in [0, 0.1) is 20.8 Å². The van der Waals surface area contributed by atoms with Crippen molar-refractivity contribution in [2.45, 2.75) is 44.4 Å². The fraction of sp³-hybridized carbons (Fsp3) is 0.333. The lowest BCUT2D eigenvalue weighted by Crippen LogP contribution is -2.33. The van der Waals surface area contributed by atoms with Gasteiger partial charge < -0.3 is 10.3 Å². The van der Waals surface area contributed by atoms with E-state index in [1.165, 1.54) is 17.3 Å². The van der Waals surface area contributed by atoms with Crippen LogP contribution >= 0.6 is 11.8 Å². The minimum atomic E-state index is -0.220. The Morgan fingerprint density at radius 2 is 1.87 bits per heavy atom. The number of aryl methyl sites for hydroxylation is 3. The summed E-state index contributed by atoms with van der Waals surface area (Å²) in [5.41, 5.74) is 3.38. The Kier molecular flexibility index (Phi) is 5.66. The number of benzene rings is 1. The zero-order valence-electron chi connectivity index (χ0n) is 13.9. The molecule has 0 saturated heterocycles. The first-order valence-corrected chi connectivity index (χ1v) is 8.45. The normalized spacial score (nSPS) is 12.0. The number of nitrogens with one attached hydrogen (secondary N) is 2. The number of thioether (sulfide) groups is 1. The predicted octanol–water partition coefficient (Wildman–Crippen LogP) is 3.10. The van der Waals surface area contributed by atoms with E-state index < -0.39 is 0 Å². The number of carbonyl (C=O) groups excluding carboxylic acids is 1. The quantitative estimate of drug-likeness (QED) is 0.828. The molecule has 0 saturated carbocycles. The summed E-state index contributed by atoms with van der Waals surface area (Å²) in [6, 6.07) is 9.99. The zero-order valence-corrected chi connectivity index (χ0v) is 14.7. The summed E-state index contributed by atoms with van der Waals surface area (Å²) in [7, 11) is 0. The zero-order chi connectivity index (χ0) is 17.0. The molecule has 23 heavy (non-hydrogen) atoms. The molecule has 0 aliphatic carbocycles. The topological polar surface area (TPSA) is 62.0 Å². The summed E-state index contributed by atoms with van der Waals surface area (Å²) in [5, 5.41) is 2.63. The van der Waals surface area contributed by atoms with E-state index in [0.29, 0.717) is 5.56 Å². The maximum absolute atomic E-state index is 12.2. The predicted molar refractivity (Wildman–Crippen MR) is 94.9 cm³/mol. The van der Waals surface area contributed by atoms with Gasteiger partial charge in [-0.1, -0.05) is 17.7 Å². The average Bonchev–Trinajstić information content (AvgIpc) is 2.48. The SMILES string of the molecule is Cc1ccc(S[C@H](C)C(=O)NCc2c(C)cc(C)[nH]c2=O)cc1. The number of amides is 1. The van der Waals surface area contributed by atoms with Gasteiger partial charge in [-0.2, -0.15) is 0 Å². The van der Waals surface area contributed by atoms with E-state index in [9.17, 15) is 9.59 Å². The van der Waals surface area contributed by atoms with Crippen molar-refractivity contribution in [3.8, 4) is 0 Å². The second kappa shape index (κ2) is 7.51. The lowest BCUT2D eigenvalue weighted by atomic mass is 10.1. The van der Waals surface area contributed by atoms with E-state index in [4.69, 9.17) is 0 Å². The standard InChI is InChI=1S/C18H22N2O2S/c1-11-5-7-15(8-6-11)23-14(4)17(21)19-10-16-12(2)9-13(3)20-18(16)22/h5-9,14H,10H2,1-4H3,(H,19,21)(H,20,22)/t14-/m1/s1. The van der Waals surface area contributed by atoms with Gasteiger partial charge in [0.2, 0.25) is 5.91 Å². The fourth-order valence-corrected chi connectivity index (χ4v) is 3.19. The lowest BCUT2D eigenvalue weighted by molar-refractivity contribution is -0.120. The molecule has 0 unspecified atom stereocenters. The van der Waals surface area contributed by atoms with Gasteiger partial charge in [0.15, 0.2) is 0 Å². The van der Waals surface area contributed by atoms with Crippen LogP contribution in [-0.2, 0) is 11.3 Å². The highest BCUT2D eigenvalue weighted by atomic mass is 32.2. The third-order valence-corrected chi connectivity index (χ3v) is 4.75. The van der Waals surface area contributed by atoms with Crippen LogP contribution in [0.25, 0.3) is 0 Å². The molecule has 2 N–H and O–H groups in total. The molecule has 1 aromatic carbocycles. The van der Waals surface area contributed by atoms with Crippen LogP contribution in [0.15, 0.2) is 40.0 Å². The summed E-state index contributed by atoms with van der Waals surface area (Å²) in [6.45, 7) is 7.88. The van der Waals surface area contributed by atoms with E-state index in [2.05, 4.69) is 10.3 Å². The Morgan fingerprint density at radius 1 is 1.22 bits per heavy atom. The molecule has 5 heteroatoms. The summed E-state index contributed by atoms with van der Waals surface area (Å²) in [6.07, 6.45) is 0. The molecule has 2 aromatic rings. The minimum Gasteiger partial charge on any atom is -0.351 e. The van der Waals surface area contributed by atoms with Crippen molar-refractivity contribution < 1.29 is 4.79 Å². The van der Waals surface area contributed by atoms with Crippen LogP contribution in [0.2, 0.25) is 0 Å². The first-order valence-electron chi connectivity index (χ1n) is 7.57. The van der Waals surface area contributed by atoms with Gasteiger partial charge in [-0.05, 0) is 51.5 Å². The van der Waals surface area contributed by atoms with Crippen molar-refractivity contribution in [2.75, 3.05) is 0 Å². The van der Waals surface area contributed by atoms with Gasteiger partial charge >= 0.3 is 0 Å². The van der Waals surface area contributed by atoms with Gasteiger partial charge in [0.05, 0.1) is 5.25 Å². The van der Waals surface area contributed by atoms with Gasteiger partial charge in [-0.3, -0.25) is 9.59 Å². The molecule has 0 aliphatic rings. The number of aromatic nitrogens is 1. The molecule has 0 radical (unpaired) electrons. The molecule has 1 atom stereocenters. The number of H-pyrrole nitrogens is 1. The average molecular weight is 330 g/mol. The molecule has 0 fully saturated rings. The Balaban J connectivity index is 1.97. The third-order valence-electron chi connectivity index (χ3n) is 3.64. The van der Waals surface area contributed by atoms with Gasteiger partial charge in [0, 0.05) is 22.7 Å². The van der Waals surface area contributed by atoms with E-state index >= 15 is 0 Å². The van der Waals surface area contributed by atoms with Gasteiger partial charge in [-0.15, -0.1) is 11.8 Å². The van der Waals surface area contributed by atoms with Crippen LogP contribution in [0.4, 0.5) is 0 Å². The molecule has 0 bridgehead atoms. The van der Waals surface area contributed by atoms with Crippen LogP contribution in [0.1, 0.15) is 29.3 Å². The van der Waals surface area contributed by atoms with E-state index in [1.54, 1.807) is 0 Å². The summed E-state index contributed by atoms with van der Waals surface area (Å²) in [5.74, 6) is -0.0741. The number of pyridine rings is 1. The Morgan fingerprint density at radius 3 is 2.48 bits per heavy atom. The van der Waals surface area contributed by atoms with Crippen LogP contribution < -0.4 is 10.9 Å². The molecule has 2 rings (SSSR count). The van der Waals surface area contributed by atoms with Crippen molar-refractivity contribution in [2.24, 2.45) is 0 Å². The Hall–Kier alpha value is -2.01. The smallest absolute Gasteiger partial charge is 0.253 e. The summed E-state index contributed by atoms with van der Waals surface area (Å²) < 4.78 is 0. The number of hydrogen-bond acceptors (Lipinski definition) is 3. The van der Waals surface area contributed by atoms with Crippen molar-refractivity contribution >= 4 is 17.7 Å². The summed E-state index contributed by atoms with van der Waals surface area (Å²) in [4.78, 5) is 28.0. The largest absolute Gasteiger partial charge is 0.351 e. The third kappa shape index (κ3) is 4.73. The van der Waals surface area contributed by atoms with Gasteiger partial charge in [0.25, 0.3) is 5.56 Å². The molecule has 0 aliphatic heterocycles. The second-order valence-electron chi connectivity index (χ2n) is 5.73. The molecular formula is C18H22N2O2S. The van der Waals surface area contributed by atoms with Crippen LogP contribution in [0.3, 0.4) is 0 Å². The molecule has 1 amide bonds. The van der Waals surface area contributed by atoms with Crippen LogP contribution in [0.5, 0.6) is 0 Å². The molecule has 4 nitrogen and oxygen atoms in total. The first-order chi connectivity index (χ1) is 10.9. The number of hydrogen-bond donors (Lipinski definition) is 2. The number of rotatable bonds is 5. The monoisotopic (exact) mass is 330 g/mol.